The molecule has 220 valence electrons. The van der Waals surface area contributed by atoms with Crippen LogP contribution in [0.25, 0.3) is 22.4 Å². The van der Waals surface area contributed by atoms with Gasteiger partial charge in [0.2, 0.25) is 5.91 Å². The first-order valence-corrected chi connectivity index (χ1v) is 14.3. The van der Waals surface area contributed by atoms with Crippen LogP contribution < -0.4 is 11.1 Å². The monoisotopic (exact) mass is 623 g/mol. The number of thiazole rings is 1. The van der Waals surface area contributed by atoms with Crippen LogP contribution in [-0.2, 0) is 28.0 Å². The van der Waals surface area contributed by atoms with E-state index in [4.69, 9.17) is 17.3 Å². The molecule has 6 rings (SSSR count). The molecule has 0 aliphatic carbocycles. The van der Waals surface area contributed by atoms with Crippen molar-refractivity contribution in [3.8, 4) is 11.5 Å². The molecule has 0 fully saturated rings. The van der Waals surface area contributed by atoms with E-state index in [0.29, 0.717) is 37.9 Å². The van der Waals surface area contributed by atoms with Gasteiger partial charge in [0.1, 0.15) is 27.8 Å². The average molecular weight is 624 g/mol. The Morgan fingerprint density at radius 3 is 2.72 bits per heavy atom. The molecule has 0 bridgehead atoms. The van der Waals surface area contributed by atoms with Gasteiger partial charge in [-0.2, -0.15) is 5.10 Å². The zero-order valence-electron chi connectivity index (χ0n) is 23.1. The van der Waals surface area contributed by atoms with Crippen LogP contribution in [0.1, 0.15) is 42.6 Å². The molecule has 0 saturated heterocycles. The van der Waals surface area contributed by atoms with E-state index in [-0.39, 0.29) is 36.0 Å². The van der Waals surface area contributed by atoms with Gasteiger partial charge in [0.15, 0.2) is 17.5 Å². The Kier molecular flexibility index (Phi) is 6.69. The summed E-state index contributed by atoms with van der Waals surface area (Å²) in [5.74, 6) is -3.01. The van der Waals surface area contributed by atoms with Crippen LogP contribution in [-0.4, -0.2) is 41.7 Å². The van der Waals surface area contributed by atoms with Gasteiger partial charge in [-0.1, -0.05) is 23.7 Å². The van der Waals surface area contributed by atoms with Crippen molar-refractivity contribution in [2.75, 3.05) is 11.1 Å². The second-order valence-corrected chi connectivity index (χ2v) is 12.4. The van der Waals surface area contributed by atoms with Crippen LogP contribution >= 0.6 is 22.9 Å². The Bertz CT molecular complexity index is 1980. The van der Waals surface area contributed by atoms with E-state index in [9.17, 15) is 23.5 Å². The number of aliphatic carboxylic acids is 1. The minimum absolute atomic E-state index is 0.0244. The van der Waals surface area contributed by atoms with E-state index in [1.54, 1.807) is 44.4 Å². The van der Waals surface area contributed by atoms with Crippen LogP contribution in [0.5, 0.6) is 0 Å². The standard InChI is InChI=1S/C29H24ClF2N7O3S/c1-28(2,27(41)42)10-15-12-43-26(34-15)29(3)19-22(33)35-24(36-23(19)37-25(29)40)21-16-8-7-14(30)9-18(16)39(38-21)11-13-5-4-6-17(31)20(13)32/h4-9,12H,10-11H2,1-3H3,(H,41,42)(H3,33,35,36,37,40). The largest absolute Gasteiger partial charge is 0.481 e. The molecule has 5 aromatic rings. The summed E-state index contributed by atoms with van der Waals surface area (Å²) in [4.78, 5) is 38.7. The zero-order chi connectivity index (χ0) is 30.8. The fraction of sp³-hybridized carbons (Fsp3) is 0.241. The van der Waals surface area contributed by atoms with E-state index in [1.165, 1.54) is 28.2 Å². The highest BCUT2D eigenvalue weighted by molar-refractivity contribution is 7.10. The number of halogens is 3. The number of carboxylic acid groups (broad SMARTS) is 1. The maximum absolute atomic E-state index is 14.5. The molecule has 3 aromatic heterocycles. The van der Waals surface area contributed by atoms with Crippen molar-refractivity contribution in [3.05, 3.63) is 80.3 Å². The third-order valence-corrected chi connectivity index (χ3v) is 8.93. The fourth-order valence-corrected chi connectivity index (χ4v) is 6.28. The number of aromatic nitrogens is 5. The summed E-state index contributed by atoms with van der Waals surface area (Å²) in [6.07, 6.45) is 0.174. The lowest BCUT2D eigenvalue weighted by Gasteiger charge is -2.20. The number of nitrogens with zero attached hydrogens (tertiary/aromatic N) is 5. The van der Waals surface area contributed by atoms with Gasteiger partial charge in [-0.05, 0) is 45.0 Å². The number of nitrogen functional groups attached to an aromatic ring is 1. The Morgan fingerprint density at radius 1 is 1.21 bits per heavy atom. The lowest BCUT2D eigenvalue weighted by Crippen LogP contribution is -2.33. The number of nitrogens with one attached hydrogen (secondary N) is 1. The predicted octanol–water partition coefficient (Wildman–Crippen LogP) is 5.42. The van der Waals surface area contributed by atoms with Gasteiger partial charge in [-0.25, -0.2) is 23.7 Å². The second kappa shape index (κ2) is 10.1. The van der Waals surface area contributed by atoms with Gasteiger partial charge in [0.05, 0.1) is 28.7 Å². The van der Waals surface area contributed by atoms with Crippen LogP contribution in [0, 0.1) is 17.0 Å². The molecule has 0 radical (unpaired) electrons. The zero-order valence-corrected chi connectivity index (χ0v) is 24.6. The van der Waals surface area contributed by atoms with E-state index in [2.05, 4.69) is 25.4 Å². The lowest BCUT2D eigenvalue weighted by atomic mass is 9.85. The third-order valence-electron chi connectivity index (χ3n) is 7.58. The van der Waals surface area contributed by atoms with Crippen molar-refractivity contribution < 1.29 is 23.5 Å². The molecule has 1 atom stereocenters. The van der Waals surface area contributed by atoms with Gasteiger partial charge in [0, 0.05) is 27.8 Å². The normalized spacial score (nSPS) is 16.5. The average Bonchev–Trinajstić information content (AvgIpc) is 3.61. The summed E-state index contributed by atoms with van der Waals surface area (Å²) < 4.78 is 29.9. The molecule has 43 heavy (non-hydrogen) atoms. The van der Waals surface area contributed by atoms with E-state index in [0.717, 1.165) is 6.07 Å². The molecular weight excluding hydrogens is 600 g/mol. The highest BCUT2D eigenvalue weighted by atomic mass is 35.5. The van der Waals surface area contributed by atoms with E-state index in [1.807, 2.05) is 0 Å². The number of carbonyl (C=O) groups excluding carboxylic acids is 1. The van der Waals surface area contributed by atoms with Gasteiger partial charge in [0.25, 0.3) is 0 Å². The molecular formula is C29H24ClF2N7O3S. The molecule has 2 aromatic carbocycles. The number of amides is 1. The van der Waals surface area contributed by atoms with Crippen molar-refractivity contribution in [2.45, 2.75) is 39.2 Å². The number of nitrogens with two attached hydrogens (primary N) is 1. The first-order valence-electron chi connectivity index (χ1n) is 13.1. The molecule has 4 heterocycles. The van der Waals surface area contributed by atoms with Gasteiger partial charge in [-0.15, -0.1) is 11.3 Å². The summed E-state index contributed by atoms with van der Waals surface area (Å²) in [6, 6.07) is 8.92. The first kappa shape index (κ1) is 28.6. The molecule has 0 saturated carbocycles. The molecule has 14 heteroatoms. The number of carbonyl (C=O) groups is 2. The van der Waals surface area contributed by atoms with E-state index < -0.39 is 34.3 Å². The van der Waals surface area contributed by atoms with Crippen molar-refractivity contribution >= 4 is 57.4 Å². The summed E-state index contributed by atoms with van der Waals surface area (Å²) in [5, 5.41) is 20.1. The molecule has 1 unspecified atom stereocenters. The molecule has 4 N–H and O–H groups in total. The fourth-order valence-electron chi connectivity index (χ4n) is 5.13. The lowest BCUT2D eigenvalue weighted by molar-refractivity contribution is -0.146. The van der Waals surface area contributed by atoms with E-state index >= 15 is 0 Å². The molecule has 10 nitrogen and oxygen atoms in total. The van der Waals surface area contributed by atoms with Gasteiger partial charge < -0.3 is 16.2 Å². The number of anilines is 2. The minimum atomic E-state index is -1.32. The second-order valence-electron chi connectivity index (χ2n) is 11.1. The predicted molar refractivity (Wildman–Crippen MR) is 158 cm³/mol. The summed E-state index contributed by atoms with van der Waals surface area (Å²) >= 11 is 7.48. The SMILES string of the molecule is CC(C)(Cc1csc(C2(C)C(=O)Nc3nc(-c4nn(Cc5cccc(F)c5F)c5cc(Cl)ccc45)nc(N)c32)n1)C(=O)O. The highest BCUT2D eigenvalue weighted by Crippen LogP contribution is 2.46. The van der Waals surface area contributed by atoms with Gasteiger partial charge >= 0.3 is 5.97 Å². The van der Waals surface area contributed by atoms with Crippen LogP contribution in [0.15, 0.2) is 41.8 Å². The van der Waals surface area contributed by atoms with Crippen molar-refractivity contribution in [2.24, 2.45) is 5.41 Å². The molecule has 0 spiro atoms. The number of benzene rings is 2. The summed E-state index contributed by atoms with van der Waals surface area (Å²) in [5.41, 5.74) is 5.91. The quantitative estimate of drug-likeness (QED) is 0.217. The van der Waals surface area contributed by atoms with Crippen LogP contribution in [0.3, 0.4) is 0 Å². The highest BCUT2D eigenvalue weighted by Gasteiger charge is 2.50. The number of hydrogen-bond acceptors (Lipinski definition) is 8. The number of carboxylic acids is 1. The minimum Gasteiger partial charge on any atom is -0.481 e. The van der Waals surface area contributed by atoms with Crippen molar-refractivity contribution in [1.82, 2.24) is 24.7 Å². The Morgan fingerprint density at radius 2 is 1.98 bits per heavy atom. The maximum Gasteiger partial charge on any atom is 0.309 e. The third kappa shape index (κ3) is 4.68. The Labute approximate surface area is 252 Å². The Hall–Kier alpha value is -4.49. The van der Waals surface area contributed by atoms with Gasteiger partial charge in [-0.3, -0.25) is 14.3 Å². The molecule has 1 aliphatic heterocycles. The van der Waals surface area contributed by atoms with Crippen LogP contribution in [0.4, 0.5) is 20.4 Å². The summed E-state index contributed by atoms with van der Waals surface area (Å²) in [6.45, 7) is 4.78. The topological polar surface area (TPSA) is 149 Å². The number of hydrogen-bond donors (Lipinski definition) is 3. The van der Waals surface area contributed by atoms with Crippen molar-refractivity contribution in [1.29, 1.82) is 0 Å². The molecule has 1 amide bonds. The maximum atomic E-state index is 14.5. The van der Waals surface area contributed by atoms with Crippen LogP contribution in [0.2, 0.25) is 5.02 Å². The van der Waals surface area contributed by atoms with Crippen molar-refractivity contribution in [3.63, 3.8) is 0 Å². The smallest absolute Gasteiger partial charge is 0.309 e. The Balaban J connectivity index is 1.42. The molecule has 1 aliphatic rings. The summed E-state index contributed by atoms with van der Waals surface area (Å²) in [7, 11) is 0. The number of fused-ring (bicyclic) bond motifs is 2. The first-order chi connectivity index (χ1) is 20.3. The number of rotatable bonds is 7.